The maximum atomic E-state index is 11.0. The minimum atomic E-state index is -0.357. The fourth-order valence-electron chi connectivity index (χ4n) is 1.37. The monoisotopic (exact) mass is 256 g/mol. The van der Waals surface area contributed by atoms with Crippen LogP contribution in [-0.4, -0.2) is 17.7 Å². The van der Waals surface area contributed by atoms with Gasteiger partial charge in [0.15, 0.2) is 0 Å². The van der Waals surface area contributed by atoms with Crippen molar-refractivity contribution in [1.82, 2.24) is 10.3 Å². The van der Waals surface area contributed by atoms with E-state index in [-0.39, 0.29) is 12.1 Å². The van der Waals surface area contributed by atoms with Gasteiger partial charge in [-0.2, -0.15) is 0 Å². The third kappa shape index (κ3) is 2.04. The van der Waals surface area contributed by atoms with Gasteiger partial charge in [-0.05, 0) is 27.6 Å². The Morgan fingerprint density at radius 1 is 1.57 bits per heavy atom. The van der Waals surface area contributed by atoms with Crippen molar-refractivity contribution in [3.05, 3.63) is 28.5 Å². The number of hydrogen-bond acceptors (Lipinski definition) is 3. The second kappa shape index (κ2) is 3.96. The fraction of sp³-hybridized carbons (Fsp3) is 0.333. The maximum Gasteiger partial charge on any atom is 0.407 e. The molecule has 0 bridgehead atoms. The number of hydrogen-bond donors (Lipinski definition) is 1. The largest absolute Gasteiger partial charge is 0.449 e. The molecule has 1 aromatic heterocycles. The van der Waals surface area contributed by atoms with E-state index in [0.29, 0.717) is 6.61 Å². The number of aromatic nitrogens is 1. The van der Waals surface area contributed by atoms with Crippen LogP contribution in [0.5, 0.6) is 0 Å². The first-order chi connectivity index (χ1) is 6.75. The van der Waals surface area contributed by atoms with Crippen molar-refractivity contribution in [2.75, 3.05) is 6.61 Å². The minimum absolute atomic E-state index is 0.0249. The minimum Gasteiger partial charge on any atom is -0.449 e. The lowest BCUT2D eigenvalue weighted by atomic mass is 10.1. The summed E-state index contributed by atoms with van der Waals surface area (Å²) in [4.78, 5) is 15.1. The van der Waals surface area contributed by atoms with Crippen LogP contribution in [0, 0.1) is 0 Å². The van der Waals surface area contributed by atoms with Crippen LogP contribution in [0.25, 0.3) is 0 Å². The van der Waals surface area contributed by atoms with Gasteiger partial charge >= 0.3 is 6.09 Å². The number of halogens is 1. The van der Waals surface area contributed by atoms with Crippen molar-refractivity contribution in [2.45, 2.75) is 12.5 Å². The van der Waals surface area contributed by atoms with Crippen LogP contribution >= 0.6 is 15.9 Å². The highest BCUT2D eigenvalue weighted by Gasteiger charge is 2.20. The average Bonchev–Trinajstić information content (AvgIpc) is 2.19. The van der Waals surface area contributed by atoms with Crippen LogP contribution in [0.4, 0.5) is 4.79 Å². The zero-order valence-electron chi connectivity index (χ0n) is 7.37. The fourth-order valence-corrected chi connectivity index (χ4v) is 1.60. The van der Waals surface area contributed by atoms with Crippen molar-refractivity contribution in [2.24, 2.45) is 0 Å². The van der Waals surface area contributed by atoms with Crippen molar-refractivity contribution >= 4 is 22.0 Å². The van der Waals surface area contributed by atoms with Crippen LogP contribution in [0.15, 0.2) is 22.9 Å². The molecule has 1 aromatic rings. The number of amides is 1. The molecule has 1 saturated heterocycles. The molecule has 0 saturated carbocycles. The SMILES string of the molecule is O=C1N[C@@H](c2ccc(Br)nc2)CCO1. The van der Waals surface area contributed by atoms with E-state index in [1.165, 1.54) is 0 Å². The molecule has 1 fully saturated rings. The molecule has 4 nitrogen and oxygen atoms in total. The van der Waals surface area contributed by atoms with Crippen molar-refractivity contribution in [3.8, 4) is 0 Å². The lowest BCUT2D eigenvalue weighted by Gasteiger charge is -2.23. The Hall–Kier alpha value is -1.10. The highest BCUT2D eigenvalue weighted by molar-refractivity contribution is 9.10. The lowest BCUT2D eigenvalue weighted by Crippen LogP contribution is -2.35. The number of nitrogens with zero attached hydrogens (tertiary/aromatic N) is 1. The van der Waals surface area contributed by atoms with Gasteiger partial charge in [0.25, 0.3) is 0 Å². The van der Waals surface area contributed by atoms with E-state index >= 15 is 0 Å². The Morgan fingerprint density at radius 3 is 3.07 bits per heavy atom. The predicted octanol–water partition coefficient (Wildman–Crippen LogP) is 2.02. The number of nitrogens with one attached hydrogen (secondary N) is 1. The molecule has 74 valence electrons. The molecule has 0 aromatic carbocycles. The van der Waals surface area contributed by atoms with Crippen LogP contribution in [0.3, 0.4) is 0 Å². The summed E-state index contributed by atoms with van der Waals surface area (Å²) in [7, 11) is 0. The van der Waals surface area contributed by atoms with Crippen molar-refractivity contribution in [1.29, 1.82) is 0 Å². The Morgan fingerprint density at radius 2 is 2.43 bits per heavy atom. The third-order valence-electron chi connectivity index (χ3n) is 2.08. The molecule has 1 atom stereocenters. The number of carbonyl (C=O) groups excluding carboxylic acids is 1. The van der Waals surface area contributed by atoms with Crippen LogP contribution in [-0.2, 0) is 4.74 Å². The summed E-state index contributed by atoms with van der Waals surface area (Å²) in [5, 5.41) is 2.74. The standard InChI is InChI=1S/C9H9BrN2O2/c10-8-2-1-6(5-11-8)7-3-4-14-9(13)12-7/h1-2,5,7H,3-4H2,(H,12,13)/t7-/m1/s1. The molecule has 14 heavy (non-hydrogen) atoms. The first-order valence-corrected chi connectivity index (χ1v) is 5.10. The van der Waals surface area contributed by atoms with E-state index in [0.717, 1.165) is 16.6 Å². The molecular weight excluding hydrogens is 248 g/mol. The lowest BCUT2D eigenvalue weighted by molar-refractivity contribution is 0.115. The molecule has 1 aliphatic rings. The Bertz CT molecular complexity index is 339. The molecule has 1 N–H and O–H groups in total. The van der Waals surface area contributed by atoms with E-state index in [2.05, 4.69) is 26.2 Å². The van der Waals surface area contributed by atoms with E-state index < -0.39 is 0 Å². The molecule has 1 aliphatic heterocycles. The number of pyridine rings is 1. The molecule has 2 rings (SSSR count). The highest BCUT2D eigenvalue weighted by Crippen LogP contribution is 2.20. The average molecular weight is 257 g/mol. The molecule has 0 aliphatic carbocycles. The van der Waals surface area contributed by atoms with Gasteiger partial charge in [-0.25, -0.2) is 9.78 Å². The Labute approximate surface area is 89.8 Å². The van der Waals surface area contributed by atoms with Gasteiger partial charge < -0.3 is 10.1 Å². The molecule has 0 unspecified atom stereocenters. The van der Waals surface area contributed by atoms with Gasteiger partial charge in [0, 0.05) is 12.6 Å². The zero-order valence-corrected chi connectivity index (χ0v) is 8.95. The first-order valence-electron chi connectivity index (χ1n) is 4.30. The summed E-state index contributed by atoms with van der Waals surface area (Å²) in [5.41, 5.74) is 1.00. The molecule has 2 heterocycles. The van der Waals surface area contributed by atoms with E-state index in [1.807, 2.05) is 12.1 Å². The summed E-state index contributed by atoms with van der Waals surface area (Å²) in [5.74, 6) is 0. The summed E-state index contributed by atoms with van der Waals surface area (Å²) in [6.45, 7) is 0.465. The number of alkyl carbamates (subject to hydrolysis) is 1. The van der Waals surface area contributed by atoms with Crippen LogP contribution in [0.2, 0.25) is 0 Å². The summed E-state index contributed by atoms with van der Waals surface area (Å²) in [6, 6.07) is 3.82. The molecule has 0 radical (unpaired) electrons. The van der Waals surface area contributed by atoms with Gasteiger partial charge in [-0.15, -0.1) is 0 Å². The van der Waals surface area contributed by atoms with Crippen molar-refractivity contribution in [3.63, 3.8) is 0 Å². The maximum absolute atomic E-state index is 11.0. The van der Waals surface area contributed by atoms with Gasteiger partial charge in [0.1, 0.15) is 4.60 Å². The van der Waals surface area contributed by atoms with Crippen LogP contribution in [0.1, 0.15) is 18.0 Å². The summed E-state index contributed by atoms with van der Waals surface area (Å²) >= 11 is 3.26. The highest BCUT2D eigenvalue weighted by atomic mass is 79.9. The van der Waals surface area contributed by atoms with Crippen molar-refractivity contribution < 1.29 is 9.53 Å². The molecule has 5 heteroatoms. The quantitative estimate of drug-likeness (QED) is 0.783. The van der Waals surface area contributed by atoms with E-state index in [1.54, 1.807) is 6.20 Å². The second-order valence-corrected chi connectivity index (χ2v) is 3.85. The van der Waals surface area contributed by atoms with Gasteiger partial charge in [-0.3, -0.25) is 0 Å². The molecule has 0 spiro atoms. The van der Waals surface area contributed by atoms with E-state index in [4.69, 9.17) is 4.74 Å². The normalized spacial score (nSPS) is 21.2. The summed E-state index contributed by atoms with van der Waals surface area (Å²) in [6.07, 6.45) is 2.18. The van der Waals surface area contributed by atoms with Gasteiger partial charge in [0.05, 0.1) is 12.6 Å². The predicted molar refractivity (Wildman–Crippen MR) is 53.8 cm³/mol. The Kier molecular flexibility index (Phi) is 2.67. The first kappa shape index (κ1) is 9.45. The molecule has 1 amide bonds. The number of cyclic esters (lactones) is 1. The van der Waals surface area contributed by atoms with Gasteiger partial charge in [-0.1, -0.05) is 6.07 Å². The molecular formula is C9H9BrN2O2. The number of rotatable bonds is 1. The zero-order chi connectivity index (χ0) is 9.97. The summed E-state index contributed by atoms with van der Waals surface area (Å²) < 4.78 is 5.56. The number of ether oxygens (including phenoxy) is 1. The topological polar surface area (TPSA) is 51.2 Å². The second-order valence-electron chi connectivity index (χ2n) is 3.04. The third-order valence-corrected chi connectivity index (χ3v) is 2.55. The smallest absolute Gasteiger partial charge is 0.407 e. The van der Waals surface area contributed by atoms with E-state index in [9.17, 15) is 4.79 Å². The number of carbonyl (C=O) groups is 1. The van der Waals surface area contributed by atoms with Crippen LogP contribution < -0.4 is 5.32 Å². The Balaban J connectivity index is 2.14. The van der Waals surface area contributed by atoms with Gasteiger partial charge in [0.2, 0.25) is 0 Å².